The molecule has 1 rings (SSSR count). The van der Waals surface area contributed by atoms with Crippen molar-refractivity contribution in [1.82, 2.24) is 4.72 Å². The Labute approximate surface area is 100 Å². The summed E-state index contributed by atoms with van der Waals surface area (Å²) >= 11 is 0. The summed E-state index contributed by atoms with van der Waals surface area (Å²) in [5, 5.41) is 0. The van der Waals surface area contributed by atoms with Gasteiger partial charge >= 0.3 is 0 Å². The fourth-order valence-electron chi connectivity index (χ4n) is 1.44. The fourth-order valence-corrected chi connectivity index (χ4v) is 2.29. The van der Waals surface area contributed by atoms with E-state index in [0.717, 1.165) is 6.07 Å². The van der Waals surface area contributed by atoms with Crippen molar-refractivity contribution in [1.29, 1.82) is 0 Å². The number of nitrogens with one attached hydrogen (secondary N) is 1. The topological polar surface area (TPSA) is 78.5 Å². The number of rotatable bonds is 4. The van der Waals surface area contributed by atoms with E-state index >= 15 is 0 Å². The largest absolute Gasteiger partial charge is 0.323 e. The Morgan fingerprint density at radius 2 is 2.00 bits per heavy atom. The van der Waals surface area contributed by atoms with Crippen LogP contribution in [0.1, 0.15) is 17.2 Å². The van der Waals surface area contributed by atoms with Crippen LogP contribution in [0.3, 0.4) is 0 Å². The first-order valence-electron chi connectivity index (χ1n) is 4.92. The monoisotopic (exact) mass is 266 g/mol. The molecule has 4 nitrogen and oxygen atoms in total. The van der Waals surface area contributed by atoms with Crippen LogP contribution in [-0.2, 0) is 0 Å². The van der Waals surface area contributed by atoms with Gasteiger partial charge in [0.25, 0.3) is 0 Å². The molecule has 1 atom stereocenters. The second-order valence-corrected chi connectivity index (χ2v) is 5.87. The van der Waals surface area contributed by atoms with Crippen LogP contribution < -0.4 is 10.5 Å². The number of nitrogens with two attached hydrogens (primary N) is 1. The van der Waals surface area contributed by atoms with Crippen LogP contribution in [0.25, 0.3) is 0 Å². The third kappa shape index (κ3) is 3.62. The highest BCUT2D eigenvalue weighted by Gasteiger charge is 2.21. The summed E-state index contributed by atoms with van der Waals surface area (Å²) in [5.41, 5.74) is 6.12. The van der Waals surface area contributed by atoms with Crippen LogP contribution in [0, 0.1) is 18.6 Å². The number of aryl methyl sites for hydroxylation is 1. The SMILES string of the molecule is CNS(O)(O)CC(N)c1cc(C)cc(F)c1F. The molecule has 1 aromatic rings. The molecule has 0 aliphatic heterocycles. The van der Waals surface area contributed by atoms with Gasteiger partial charge in [-0.3, -0.25) is 9.11 Å². The Hall–Kier alpha value is -0.730. The number of hydrogen-bond donors (Lipinski definition) is 4. The molecule has 17 heavy (non-hydrogen) atoms. The lowest BCUT2D eigenvalue weighted by molar-refractivity contribution is 0.463. The minimum atomic E-state index is -3.07. The Morgan fingerprint density at radius 1 is 1.41 bits per heavy atom. The molecule has 0 aliphatic rings. The van der Waals surface area contributed by atoms with Gasteiger partial charge in [0, 0.05) is 12.6 Å². The highest BCUT2D eigenvalue weighted by atomic mass is 32.3. The molecule has 0 radical (unpaired) electrons. The van der Waals surface area contributed by atoms with Gasteiger partial charge in [-0.15, -0.1) is 10.8 Å². The van der Waals surface area contributed by atoms with E-state index in [1.54, 1.807) is 6.92 Å². The zero-order chi connectivity index (χ0) is 13.2. The Morgan fingerprint density at radius 3 is 2.53 bits per heavy atom. The number of benzene rings is 1. The molecule has 0 bridgehead atoms. The van der Waals surface area contributed by atoms with Crippen LogP contribution in [0.4, 0.5) is 8.78 Å². The summed E-state index contributed by atoms with van der Waals surface area (Å²) in [5.74, 6) is -2.31. The summed E-state index contributed by atoms with van der Waals surface area (Å²) in [7, 11) is -1.72. The standard InChI is InChI=1S/C10H16F2N2O2S/c1-6-3-7(10(12)8(11)4-6)9(13)5-17(15,16)14-2/h3-4,9,14-16H,5,13H2,1-2H3. The lowest BCUT2D eigenvalue weighted by Crippen LogP contribution is -2.27. The van der Waals surface area contributed by atoms with Crippen molar-refractivity contribution in [3.8, 4) is 0 Å². The third-order valence-corrected chi connectivity index (χ3v) is 3.82. The summed E-state index contributed by atoms with van der Waals surface area (Å²) in [6.07, 6.45) is 0. The Bertz CT molecular complexity index is 416. The Kier molecular flexibility index (Phi) is 4.45. The number of halogens is 2. The maximum Gasteiger partial charge on any atom is 0.163 e. The molecule has 0 fully saturated rings. The summed E-state index contributed by atoms with van der Waals surface area (Å²) < 4.78 is 47.8. The molecular formula is C10H16F2N2O2S. The zero-order valence-electron chi connectivity index (χ0n) is 9.58. The quantitative estimate of drug-likeness (QED) is 0.673. The normalized spacial score (nSPS) is 14.8. The second kappa shape index (κ2) is 5.28. The van der Waals surface area contributed by atoms with E-state index in [4.69, 9.17) is 5.73 Å². The van der Waals surface area contributed by atoms with Crippen LogP contribution in [0.2, 0.25) is 0 Å². The van der Waals surface area contributed by atoms with Crippen molar-refractivity contribution in [2.75, 3.05) is 12.8 Å². The third-order valence-electron chi connectivity index (χ3n) is 2.34. The molecule has 0 saturated carbocycles. The summed E-state index contributed by atoms with van der Waals surface area (Å²) in [6.45, 7) is 1.61. The van der Waals surface area contributed by atoms with Crippen LogP contribution >= 0.6 is 10.8 Å². The maximum absolute atomic E-state index is 13.5. The molecule has 1 unspecified atom stereocenters. The molecule has 5 N–H and O–H groups in total. The van der Waals surface area contributed by atoms with E-state index in [9.17, 15) is 17.9 Å². The van der Waals surface area contributed by atoms with E-state index in [2.05, 4.69) is 4.72 Å². The predicted octanol–water partition coefficient (Wildman–Crippen LogP) is 2.16. The average Bonchev–Trinajstić information content (AvgIpc) is 2.22. The van der Waals surface area contributed by atoms with Gasteiger partial charge in [0.15, 0.2) is 11.6 Å². The minimum Gasteiger partial charge on any atom is -0.323 e. The van der Waals surface area contributed by atoms with Gasteiger partial charge in [-0.1, -0.05) is 6.07 Å². The first-order chi connectivity index (χ1) is 7.76. The molecule has 0 spiro atoms. The zero-order valence-corrected chi connectivity index (χ0v) is 10.4. The summed E-state index contributed by atoms with van der Waals surface area (Å²) in [6, 6.07) is 1.47. The van der Waals surface area contributed by atoms with Gasteiger partial charge in [0.05, 0.1) is 11.8 Å². The van der Waals surface area contributed by atoms with E-state index in [1.807, 2.05) is 0 Å². The van der Waals surface area contributed by atoms with Gasteiger partial charge < -0.3 is 5.73 Å². The van der Waals surface area contributed by atoms with Crippen molar-refractivity contribution in [2.45, 2.75) is 13.0 Å². The first-order valence-corrected chi connectivity index (χ1v) is 6.64. The van der Waals surface area contributed by atoms with Gasteiger partial charge in [0.1, 0.15) is 0 Å². The van der Waals surface area contributed by atoms with Crippen molar-refractivity contribution in [3.05, 3.63) is 34.9 Å². The van der Waals surface area contributed by atoms with Crippen LogP contribution in [-0.4, -0.2) is 21.9 Å². The molecule has 0 aliphatic carbocycles. The highest BCUT2D eigenvalue weighted by Crippen LogP contribution is 2.37. The van der Waals surface area contributed by atoms with Crippen LogP contribution in [0.15, 0.2) is 12.1 Å². The molecule has 1 aromatic carbocycles. The van der Waals surface area contributed by atoms with Gasteiger partial charge in [-0.05, 0) is 18.6 Å². The van der Waals surface area contributed by atoms with Crippen LogP contribution in [0.5, 0.6) is 0 Å². The maximum atomic E-state index is 13.5. The second-order valence-electron chi connectivity index (χ2n) is 3.79. The van der Waals surface area contributed by atoms with E-state index < -0.39 is 28.5 Å². The Balaban J connectivity index is 3.00. The first kappa shape index (κ1) is 14.3. The minimum absolute atomic E-state index is 0.0577. The molecule has 0 amide bonds. The predicted molar refractivity (Wildman–Crippen MR) is 64.8 cm³/mol. The van der Waals surface area contributed by atoms with Crippen molar-refractivity contribution in [3.63, 3.8) is 0 Å². The molecule has 7 heteroatoms. The van der Waals surface area contributed by atoms with E-state index in [0.29, 0.717) is 5.56 Å². The van der Waals surface area contributed by atoms with E-state index in [-0.39, 0.29) is 11.3 Å². The molecule has 0 saturated heterocycles. The molecule has 0 heterocycles. The van der Waals surface area contributed by atoms with Gasteiger partial charge in [-0.2, -0.15) is 0 Å². The molecule has 0 aromatic heterocycles. The summed E-state index contributed by atoms with van der Waals surface area (Å²) in [4.78, 5) is 0. The van der Waals surface area contributed by atoms with Crippen molar-refractivity contribution < 1.29 is 17.9 Å². The van der Waals surface area contributed by atoms with E-state index in [1.165, 1.54) is 13.1 Å². The fraction of sp³-hybridized carbons (Fsp3) is 0.400. The highest BCUT2D eigenvalue weighted by molar-refractivity contribution is 8.22. The lowest BCUT2D eigenvalue weighted by atomic mass is 10.1. The van der Waals surface area contributed by atoms with Crippen molar-refractivity contribution in [2.24, 2.45) is 5.73 Å². The molecular weight excluding hydrogens is 250 g/mol. The smallest absolute Gasteiger partial charge is 0.163 e. The number of hydrogen-bond acceptors (Lipinski definition) is 4. The van der Waals surface area contributed by atoms with Gasteiger partial charge in [-0.25, -0.2) is 13.5 Å². The van der Waals surface area contributed by atoms with Gasteiger partial charge in [0.2, 0.25) is 0 Å². The lowest BCUT2D eigenvalue weighted by Gasteiger charge is -2.33. The van der Waals surface area contributed by atoms with Crippen molar-refractivity contribution >= 4 is 10.8 Å². The average molecular weight is 266 g/mol. The molecule has 98 valence electrons.